The third-order valence-electron chi connectivity index (χ3n) is 5.11. The summed E-state index contributed by atoms with van der Waals surface area (Å²) in [6.07, 6.45) is 0.347. The van der Waals surface area contributed by atoms with Crippen LogP contribution in [0, 0.1) is 0 Å². The summed E-state index contributed by atoms with van der Waals surface area (Å²) in [4.78, 5) is 31.1. The number of aromatic nitrogens is 2. The Kier molecular flexibility index (Phi) is 6.26. The maximum atomic E-state index is 12.5. The minimum Gasteiger partial charge on any atom is -0.493 e. The number of para-hydroxylation sites is 1. The van der Waals surface area contributed by atoms with Crippen molar-refractivity contribution in [3.05, 3.63) is 77.4 Å². The van der Waals surface area contributed by atoms with Crippen LogP contribution in [0.3, 0.4) is 0 Å². The largest absolute Gasteiger partial charge is 0.493 e. The Morgan fingerprint density at radius 1 is 1.19 bits per heavy atom. The maximum Gasteiger partial charge on any atom is 0.255 e. The van der Waals surface area contributed by atoms with E-state index in [1.165, 1.54) is 0 Å². The second-order valence-corrected chi connectivity index (χ2v) is 7.32. The summed E-state index contributed by atoms with van der Waals surface area (Å²) in [6, 6.07) is 16.9. The highest BCUT2D eigenvalue weighted by atomic mass is 16.5. The predicted octanol–water partition coefficient (Wildman–Crippen LogP) is 2.91. The van der Waals surface area contributed by atoms with Crippen LogP contribution < -0.4 is 10.1 Å². The van der Waals surface area contributed by atoms with Gasteiger partial charge in [-0.25, -0.2) is 0 Å². The van der Waals surface area contributed by atoms with Crippen LogP contribution in [0.25, 0.3) is 0 Å². The lowest BCUT2D eigenvalue weighted by Gasteiger charge is -2.15. The van der Waals surface area contributed by atoms with Gasteiger partial charge in [-0.05, 0) is 24.6 Å². The molecule has 2 heterocycles. The molecule has 8 heteroatoms. The lowest BCUT2D eigenvalue weighted by Crippen LogP contribution is -2.24. The molecule has 4 rings (SSSR count). The van der Waals surface area contributed by atoms with Gasteiger partial charge in [0.25, 0.3) is 5.91 Å². The van der Waals surface area contributed by atoms with Crippen LogP contribution in [0.15, 0.2) is 59.1 Å². The molecule has 1 aliphatic heterocycles. The topological polar surface area (TPSA) is 97.6 Å². The monoisotopic (exact) mass is 420 g/mol. The number of amides is 2. The molecule has 0 radical (unpaired) electrons. The van der Waals surface area contributed by atoms with Gasteiger partial charge >= 0.3 is 0 Å². The molecule has 0 aliphatic carbocycles. The molecule has 2 amide bonds. The molecule has 1 unspecified atom stereocenters. The van der Waals surface area contributed by atoms with Gasteiger partial charge in [0.05, 0.1) is 18.7 Å². The van der Waals surface area contributed by atoms with Crippen molar-refractivity contribution in [3.63, 3.8) is 0 Å². The molecule has 1 atom stereocenters. The quantitative estimate of drug-likeness (QED) is 0.602. The van der Waals surface area contributed by atoms with Gasteiger partial charge in [0.1, 0.15) is 5.75 Å². The summed E-state index contributed by atoms with van der Waals surface area (Å²) in [7, 11) is 0. The van der Waals surface area contributed by atoms with E-state index >= 15 is 0 Å². The molecule has 160 valence electrons. The molecule has 1 N–H and O–H groups in total. The lowest BCUT2D eigenvalue weighted by atomic mass is 10.1. The molecule has 2 aromatic carbocycles. The molecule has 3 aromatic rings. The van der Waals surface area contributed by atoms with Crippen LogP contribution in [0.2, 0.25) is 0 Å². The summed E-state index contributed by atoms with van der Waals surface area (Å²) >= 11 is 0. The molecular formula is C23H24N4O4. The Labute approximate surface area is 180 Å². The maximum absolute atomic E-state index is 12.5. The van der Waals surface area contributed by atoms with Crippen molar-refractivity contribution in [2.45, 2.75) is 32.4 Å². The van der Waals surface area contributed by atoms with E-state index in [4.69, 9.17) is 9.26 Å². The van der Waals surface area contributed by atoms with Crippen molar-refractivity contribution < 1.29 is 18.8 Å². The van der Waals surface area contributed by atoms with Crippen molar-refractivity contribution in [1.29, 1.82) is 0 Å². The lowest BCUT2D eigenvalue weighted by molar-refractivity contribution is -0.128. The highest BCUT2D eigenvalue weighted by Crippen LogP contribution is 2.27. The highest BCUT2D eigenvalue weighted by Gasteiger charge is 2.33. The molecule has 1 aliphatic rings. The first kappa shape index (κ1) is 20.6. The number of ether oxygens (including phenoxy) is 1. The normalized spacial score (nSPS) is 15.8. The third-order valence-corrected chi connectivity index (χ3v) is 5.11. The van der Waals surface area contributed by atoms with E-state index in [9.17, 15) is 9.59 Å². The van der Waals surface area contributed by atoms with E-state index in [0.29, 0.717) is 49.1 Å². The summed E-state index contributed by atoms with van der Waals surface area (Å²) in [5.74, 6) is 0.976. The molecule has 0 bridgehead atoms. The number of nitrogens with zero attached hydrogens (tertiary/aromatic N) is 3. The van der Waals surface area contributed by atoms with Crippen LogP contribution in [-0.2, 0) is 17.9 Å². The van der Waals surface area contributed by atoms with Crippen molar-refractivity contribution in [1.82, 2.24) is 20.4 Å². The zero-order valence-corrected chi connectivity index (χ0v) is 17.3. The van der Waals surface area contributed by atoms with Gasteiger partial charge in [0.2, 0.25) is 11.8 Å². The van der Waals surface area contributed by atoms with Gasteiger partial charge < -0.3 is 19.5 Å². The minimum absolute atomic E-state index is 0.0704. The standard InChI is InChI=1S/C23H24N4O4/c1-2-30-19-11-7-6-10-18(19)23(29)24-13-20-25-22(26-31-20)17-12-21(28)27(15-17)14-16-8-4-3-5-9-16/h3-11,17H,2,12-15H2,1H3,(H,24,29). The number of carbonyl (C=O) groups excluding carboxylic acids is 2. The number of rotatable bonds is 8. The van der Waals surface area contributed by atoms with Gasteiger partial charge in [-0.3, -0.25) is 9.59 Å². The SMILES string of the molecule is CCOc1ccccc1C(=O)NCc1nc(C2CC(=O)N(Cc3ccccc3)C2)no1. The molecule has 1 fully saturated rings. The summed E-state index contributed by atoms with van der Waals surface area (Å²) in [6.45, 7) is 3.54. The van der Waals surface area contributed by atoms with Crippen LogP contribution >= 0.6 is 0 Å². The average Bonchev–Trinajstić information content (AvgIpc) is 3.40. The van der Waals surface area contributed by atoms with Gasteiger partial charge in [-0.1, -0.05) is 47.6 Å². The van der Waals surface area contributed by atoms with Crippen molar-refractivity contribution in [3.8, 4) is 5.75 Å². The third kappa shape index (κ3) is 4.91. The fourth-order valence-electron chi connectivity index (χ4n) is 3.59. The summed E-state index contributed by atoms with van der Waals surface area (Å²) in [5, 5.41) is 6.81. The second kappa shape index (κ2) is 9.42. The molecule has 0 spiro atoms. The van der Waals surface area contributed by atoms with E-state index in [0.717, 1.165) is 5.56 Å². The predicted molar refractivity (Wildman–Crippen MR) is 112 cm³/mol. The summed E-state index contributed by atoms with van der Waals surface area (Å²) < 4.78 is 10.8. The Bertz CT molecular complexity index is 1050. The van der Waals surface area contributed by atoms with E-state index in [2.05, 4.69) is 15.5 Å². The zero-order valence-electron chi connectivity index (χ0n) is 17.3. The molecule has 1 aromatic heterocycles. The first-order valence-corrected chi connectivity index (χ1v) is 10.3. The van der Waals surface area contributed by atoms with Crippen molar-refractivity contribution >= 4 is 11.8 Å². The Morgan fingerprint density at radius 3 is 2.77 bits per heavy atom. The van der Waals surface area contributed by atoms with Crippen molar-refractivity contribution in [2.24, 2.45) is 0 Å². The summed E-state index contributed by atoms with van der Waals surface area (Å²) in [5.41, 5.74) is 1.53. The van der Waals surface area contributed by atoms with E-state index in [-0.39, 0.29) is 24.3 Å². The van der Waals surface area contributed by atoms with Crippen LogP contribution in [0.4, 0.5) is 0 Å². The highest BCUT2D eigenvalue weighted by molar-refractivity contribution is 5.96. The number of nitrogens with one attached hydrogen (secondary N) is 1. The van der Waals surface area contributed by atoms with Crippen LogP contribution in [0.1, 0.15) is 46.9 Å². The van der Waals surface area contributed by atoms with Crippen LogP contribution in [-0.4, -0.2) is 40.0 Å². The first-order valence-electron chi connectivity index (χ1n) is 10.3. The minimum atomic E-state index is -0.283. The average molecular weight is 420 g/mol. The second-order valence-electron chi connectivity index (χ2n) is 7.32. The molecule has 31 heavy (non-hydrogen) atoms. The number of likely N-dealkylation sites (tertiary alicyclic amines) is 1. The zero-order chi connectivity index (χ0) is 21.6. The van der Waals surface area contributed by atoms with Gasteiger partial charge in [0.15, 0.2) is 5.82 Å². The number of carbonyl (C=O) groups is 2. The fraction of sp³-hybridized carbons (Fsp3) is 0.304. The number of hydrogen-bond donors (Lipinski definition) is 1. The molecular weight excluding hydrogens is 396 g/mol. The first-order chi connectivity index (χ1) is 15.1. The number of hydrogen-bond acceptors (Lipinski definition) is 6. The Balaban J connectivity index is 1.34. The van der Waals surface area contributed by atoms with E-state index in [1.807, 2.05) is 48.2 Å². The Morgan fingerprint density at radius 2 is 1.97 bits per heavy atom. The van der Waals surface area contributed by atoms with E-state index < -0.39 is 0 Å². The molecule has 1 saturated heterocycles. The van der Waals surface area contributed by atoms with Gasteiger partial charge in [-0.15, -0.1) is 0 Å². The van der Waals surface area contributed by atoms with Gasteiger partial charge in [-0.2, -0.15) is 4.98 Å². The Hall–Kier alpha value is -3.68. The smallest absolute Gasteiger partial charge is 0.255 e. The van der Waals surface area contributed by atoms with E-state index in [1.54, 1.807) is 18.2 Å². The number of benzene rings is 2. The van der Waals surface area contributed by atoms with Crippen LogP contribution in [0.5, 0.6) is 5.75 Å². The van der Waals surface area contributed by atoms with Gasteiger partial charge in [0, 0.05) is 25.4 Å². The fourth-order valence-corrected chi connectivity index (χ4v) is 3.59. The molecule has 0 saturated carbocycles. The van der Waals surface area contributed by atoms with Crippen molar-refractivity contribution in [2.75, 3.05) is 13.2 Å². The molecule has 8 nitrogen and oxygen atoms in total.